The quantitative estimate of drug-likeness (QED) is 0.779. The van der Waals surface area contributed by atoms with Crippen LogP contribution in [-0.4, -0.2) is 47.4 Å². The van der Waals surface area contributed by atoms with Crippen LogP contribution in [0.5, 0.6) is 5.75 Å². The third-order valence-corrected chi connectivity index (χ3v) is 3.60. The van der Waals surface area contributed by atoms with Gasteiger partial charge in [-0.2, -0.15) is 0 Å². The van der Waals surface area contributed by atoms with Gasteiger partial charge in [0, 0.05) is 31.7 Å². The van der Waals surface area contributed by atoms with E-state index in [0.29, 0.717) is 25.3 Å². The van der Waals surface area contributed by atoms with E-state index in [1.165, 1.54) is 0 Å². The Labute approximate surface area is 131 Å². The van der Waals surface area contributed by atoms with Crippen LogP contribution < -0.4 is 10.6 Å². The van der Waals surface area contributed by atoms with Crippen molar-refractivity contribution in [1.82, 2.24) is 4.90 Å². The summed E-state index contributed by atoms with van der Waals surface area (Å²) in [4.78, 5) is 16.0. The number of ether oxygens (including phenoxy) is 1. The summed E-state index contributed by atoms with van der Waals surface area (Å²) in [6.07, 6.45) is -0.280. The summed E-state index contributed by atoms with van der Waals surface area (Å²) in [5.41, 5.74) is 6.92. The van der Waals surface area contributed by atoms with Crippen LogP contribution in [0, 0.1) is 0 Å². The number of carbonyl (C=O) groups is 1. The molecule has 1 aliphatic rings. The number of phenols is 1. The number of hydrogen-bond donors (Lipinski definition) is 2. The largest absolute Gasteiger partial charge is 0.508 e. The lowest BCUT2D eigenvalue weighted by atomic mass is 10.1. The molecule has 1 aliphatic heterocycles. The van der Waals surface area contributed by atoms with Gasteiger partial charge >= 0.3 is 6.09 Å². The fraction of sp³-hybridized carbons (Fsp3) is 0.562. The van der Waals surface area contributed by atoms with Crippen molar-refractivity contribution in [2.45, 2.75) is 39.3 Å². The summed E-state index contributed by atoms with van der Waals surface area (Å²) in [7, 11) is 0. The Morgan fingerprint density at radius 3 is 2.59 bits per heavy atom. The molecule has 3 N–H and O–H groups in total. The van der Waals surface area contributed by atoms with Crippen molar-refractivity contribution in [3.8, 4) is 5.75 Å². The summed E-state index contributed by atoms with van der Waals surface area (Å²) >= 11 is 0. The van der Waals surface area contributed by atoms with E-state index in [4.69, 9.17) is 10.5 Å². The summed E-state index contributed by atoms with van der Waals surface area (Å²) in [6.45, 7) is 9.47. The first kappa shape index (κ1) is 16.3. The Bertz CT molecular complexity index is 554. The minimum atomic E-state index is -0.487. The number of benzene rings is 1. The fourth-order valence-corrected chi connectivity index (χ4v) is 2.61. The van der Waals surface area contributed by atoms with Gasteiger partial charge in [-0.25, -0.2) is 4.79 Å². The molecule has 1 aromatic rings. The summed E-state index contributed by atoms with van der Waals surface area (Å²) < 4.78 is 5.42. The molecule has 1 saturated heterocycles. The van der Waals surface area contributed by atoms with Gasteiger partial charge in [-0.1, -0.05) is 0 Å². The number of nitrogens with two attached hydrogens (primary N) is 1. The molecule has 22 heavy (non-hydrogen) atoms. The van der Waals surface area contributed by atoms with Crippen LogP contribution in [0.4, 0.5) is 16.2 Å². The highest BCUT2D eigenvalue weighted by atomic mass is 16.6. The number of hydrogen-bond acceptors (Lipinski definition) is 5. The van der Waals surface area contributed by atoms with Crippen LogP contribution >= 0.6 is 0 Å². The molecule has 1 aromatic carbocycles. The number of nitrogens with zero attached hydrogens (tertiary/aromatic N) is 2. The second-order valence-electron chi connectivity index (χ2n) is 6.71. The molecular weight excluding hydrogens is 282 g/mol. The summed E-state index contributed by atoms with van der Waals surface area (Å²) in [6, 6.07) is 5.10. The Morgan fingerprint density at radius 1 is 1.36 bits per heavy atom. The molecule has 1 amide bonds. The zero-order valence-corrected chi connectivity index (χ0v) is 13.7. The number of phenolic OH excluding ortho intramolecular Hbond substituents is 1. The smallest absolute Gasteiger partial charge is 0.410 e. The van der Waals surface area contributed by atoms with Gasteiger partial charge < -0.3 is 25.4 Å². The fourth-order valence-electron chi connectivity index (χ4n) is 2.61. The third kappa shape index (κ3) is 3.75. The van der Waals surface area contributed by atoms with Gasteiger partial charge in [-0.05, 0) is 39.8 Å². The second-order valence-corrected chi connectivity index (χ2v) is 6.71. The van der Waals surface area contributed by atoms with Gasteiger partial charge in [0.2, 0.25) is 0 Å². The standard InChI is InChI=1S/C16H25N3O3/c1-11-10-18(15(21)22-16(2,3)4)7-8-19(11)14-6-5-12(20)9-13(14)17/h5-6,9,11,20H,7-8,10,17H2,1-4H3/t11-/m0/s1. The molecule has 0 bridgehead atoms. The van der Waals surface area contributed by atoms with Gasteiger partial charge in [-0.15, -0.1) is 0 Å². The third-order valence-electron chi connectivity index (χ3n) is 3.60. The molecule has 0 saturated carbocycles. The number of nitrogen functional groups attached to an aromatic ring is 1. The highest BCUT2D eigenvalue weighted by Gasteiger charge is 2.30. The minimum absolute atomic E-state index is 0.119. The molecule has 1 fully saturated rings. The molecule has 0 aliphatic carbocycles. The maximum Gasteiger partial charge on any atom is 0.410 e. The average Bonchev–Trinajstić information content (AvgIpc) is 2.37. The first-order valence-corrected chi connectivity index (χ1v) is 7.50. The van der Waals surface area contributed by atoms with Gasteiger partial charge in [-0.3, -0.25) is 0 Å². The molecule has 122 valence electrons. The van der Waals surface area contributed by atoms with E-state index < -0.39 is 5.60 Å². The highest BCUT2D eigenvalue weighted by Crippen LogP contribution is 2.30. The molecule has 1 atom stereocenters. The van der Waals surface area contributed by atoms with E-state index in [0.717, 1.165) is 5.69 Å². The average molecular weight is 307 g/mol. The lowest BCUT2D eigenvalue weighted by Crippen LogP contribution is -2.54. The Hall–Kier alpha value is -2.11. The molecule has 0 radical (unpaired) electrons. The number of anilines is 2. The number of piperazine rings is 1. The van der Waals surface area contributed by atoms with Crippen molar-refractivity contribution in [2.75, 3.05) is 30.3 Å². The number of carbonyl (C=O) groups excluding carboxylic acids is 1. The number of rotatable bonds is 1. The first-order valence-electron chi connectivity index (χ1n) is 7.50. The van der Waals surface area contributed by atoms with E-state index >= 15 is 0 Å². The SMILES string of the molecule is C[C@H]1CN(C(=O)OC(C)(C)C)CCN1c1ccc(O)cc1N. The van der Waals surface area contributed by atoms with Crippen LogP contribution in [0.25, 0.3) is 0 Å². The minimum Gasteiger partial charge on any atom is -0.508 e. The first-order chi connectivity index (χ1) is 10.2. The van der Waals surface area contributed by atoms with Gasteiger partial charge in [0.05, 0.1) is 11.4 Å². The molecule has 0 unspecified atom stereocenters. The topological polar surface area (TPSA) is 79.0 Å². The van der Waals surface area contributed by atoms with Gasteiger partial charge in [0.15, 0.2) is 0 Å². The Kier molecular flexibility index (Phi) is 4.39. The predicted octanol–water partition coefficient (Wildman–Crippen LogP) is 2.42. The summed E-state index contributed by atoms with van der Waals surface area (Å²) in [5, 5.41) is 9.46. The maximum atomic E-state index is 12.1. The normalized spacial score (nSPS) is 19.2. The van der Waals surface area contributed by atoms with Crippen molar-refractivity contribution in [2.24, 2.45) is 0 Å². The molecule has 0 spiro atoms. The van der Waals surface area contributed by atoms with Gasteiger partial charge in [0.25, 0.3) is 0 Å². The van der Waals surface area contributed by atoms with E-state index in [1.807, 2.05) is 33.8 Å². The monoisotopic (exact) mass is 307 g/mol. The van der Waals surface area contributed by atoms with Crippen LogP contribution in [-0.2, 0) is 4.74 Å². The number of aromatic hydroxyl groups is 1. The van der Waals surface area contributed by atoms with Crippen molar-refractivity contribution < 1.29 is 14.6 Å². The van der Waals surface area contributed by atoms with Crippen LogP contribution in [0.1, 0.15) is 27.7 Å². The van der Waals surface area contributed by atoms with E-state index in [2.05, 4.69) is 4.90 Å². The molecule has 6 heteroatoms. The van der Waals surface area contributed by atoms with Crippen molar-refractivity contribution >= 4 is 17.5 Å². The van der Waals surface area contributed by atoms with Gasteiger partial charge in [0.1, 0.15) is 11.4 Å². The van der Waals surface area contributed by atoms with Crippen LogP contribution in [0.15, 0.2) is 18.2 Å². The van der Waals surface area contributed by atoms with Crippen molar-refractivity contribution in [3.63, 3.8) is 0 Å². The summed E-state index contributed by atoms with van der Waals surface area (Å²) in [5.74, 6) is 0.154. The Balaban J connectivity index is 2.05. The van der Waals surface area contributed by atoms with Crippen LogP contribution in [0.2, 0.25) is 0 Å². The van der Waals surface area contributed by atoms with E-state index in [-0.39, 0.29) is 17.9 Å². The maximum absolute atomic E-state index is 12.1. The predicted molar refractivity (Wildman–Crippen MR) is 87.1 cm³/mol. The number of amides is 1. The molecule has 0 aromatic heterocycles. The van der Waals surface area contributed by atoms with E-state index in [9.17, 15) is 9.90 Å². The Morgan fingerprint density at radius 2 is 2.05 bits per heavy atom. The van der Waals surface area contributed by atoms with E-state index in [1.54, 1.807) is 17.0 Å². The molecule has 2 rings (SSSR count). The lowest BCUT2D eigenvalue weighted by Gasteiger charge is -2.41. The second kappa shape index (κ2) is 5.94. The highest BCUT2D eigenvalue weighted by molar-refractivity contribution is 5.72. The molecule has 1 heterocycles. The molecule has 6 nitrogen and oxygen atoms in total. The van der Waals surface area contributed by atoms with Crippen molar-refractivity contribution in [3.05, 3.63) is 18.2 Å². The lowest BCUT2D eigenvalue weighted by molar-refractivity contribution is 0.0219. The molecular formula is C16H25N3O3. The zero-order chi connectivity index (χ0) is 16.5. The van der Waals surface area contributed by atoms with Crippen molar-refractivity contribution in [1.29, 1.82) is 0 Å². The zero-order valence-electron chi connectivity index (χ0n) is 13.7. The van der Waals surface area contributed by atoms with Crippen LogP contribution in [0.3, 0.4) is 0 Å².